The van der Waals surface area contributed by atoms with Gasteiger partial charge < -0.3 is 0 Å². The maximum Gasteiger partial charge on any atom is 0.241 e. The largest absolute Gasteiger partial charge is 0.273 e. The van der Waals surface area contributed by atoms with E-state index in [0.717, 1.165) is 18.6 Å². The summed E-state index contributed by atoms with van der Waals surface area (Å²) in [5.41, 5.74) is 3.81. The molecule has 5 nitrogen and oxygen atoms in total. The van der Waals surface area contributed by atoms with E-state index in [2.05, 4.69) is 31.3 Å². The molecule has 1 aromatic rings. The fourth-order valence-electron chi connectivity index (χ4n) is 4.27. The van der Waals surface area contributed by atoms with Crippen molar-refractivity contribution in [2.24, 2.45) is 21.8 Å². The first kappa shape index (κ1) is 19.4. The Hall–Kier alpha value is -1.40. The Morgan fingerprint density at radius 1 is 1.27 bits per heavy atom. The molecule has 26 heavy (non-hydrogen) atoms. The topological polar surface area (TPSA) is 75.6 Å². The fourth-order valence-corrected chi connectivity index (χ4v) is 5.64. The molecule has 1 amide bonds. The molecule has 2 saturated carbocycles. The average Bonchev–Trinajstić information content (AvgIpc) is 2.92. The summed E-state index contributed by atoms with van der Waals surface area (Å²) in [6, 6.07) is 5.96. The van der Waals surface area contributed by atoms with Crippen LogP contribution in [0.3, 0.4) is 0 Å². The monoisotopic (exact) mass is 396 g/mol. The minimum atomic E-state index is -3.52. The highest BCUT2D eigenvalue weighted by Crippen LogP contribution is 2.63. The highest BCUT2D eigenvalue weighted by molar-refractivity contribution is 7.91. The number of rotatable bonds is 5. The van der Waals surface area contributed by atoms with Gasteiger partial charge in [0.25, 0.3) is 0 Å². The summed E-state index contributed by atoms with van der Waals surface area (Å²) in [5.74, 6) is -0.0240. The lowest BCUT2D eigenvalue weighted by Crippen LogP contribution is -2.34. The van der Waals surface area contributed by atoms with Crippen LogP contribution in [0.2, 0.25) is 5.02 Å². The van der Waals surface area contributed by atoms with Crippen LogP contribution in [-0.2, 0) is 14.6 Å². The highest BCUT2D eigenvalue weighted by atomic mass is 35.5. The van der Waals surface area contributed by atoms with Crippen LogP contribution in [-0.4, -0.2) is 25.8 Å². The number of carbonyl (C=O) groups is 1. The van der Waals surface area contributed by atoms with Crippen molar-refractivity contribution in [1.29, 1.82) is 0 Å². The zero-order valence-corrected chi connectivity index (χ0v) is 17.0. The van der Waals surface area contributed by atoms with Gasteiger partial charge in [-0.25, -0.2) is 13.8 Å². The molecule has 1 N–H and O–H groups in total. The zero-order valence-electron chi connectivity index (χ0n) is 15.4. The van der Waals surface area contributed by atoms with Gasteiger partial charge >= 0.3 is 0 Å². The third-order valence-corrected chi connectivity index (χ3v) is 8.58. The number of sulfone groups is 1. The first-order valence-electron chi connectivity index (χ1n) is 8.90. The summed E-state index contributed by atoms with van der Waals surface area (Å²) in [7, 11) is -3.52. The molecule has 2 aliphatic rings. The lowest BCUT2D eigenvalue weighted by molar-refractivity contribution is -0.120. The van der Waals surface area contributed by atoms with Crippen molar-refractivity contribution in [2.45, 2.75) is 51.3 Å². The van der Waals surface area contributed by atoms with Gasteiger partial charge in [-0.1, -0.05) is 32.4 Å². The van der Waals surface area contributed by atoms with E-state index in [0.29, 0.717) is 10.9 Å². The molecule has 0 aliphatic heterocycles. The van der Waals surface area contributed by atoms with E-state index in [1.165, 1.54) is 30.7 Å². The van der Waals surface area contributed by atoms with Crippen molar-refractivity contribution in [2.75, 3.05) is 5.75 Å². The number of nitrogens with one attached hydrogen (secondary N) is 1. The Kier molecular flexibility index (Phi) is 4.95. The van der Waals surface area contributed by atoms with Crippen LogP contribution in [0.1, 0.15) is 46.5 Å². The normalized spacial score (nSPS) is 28.5. The highest BCUT2D eigenvalue weighted by Gasteiger charge is 2.60. The van der Waals surface area contributed by atoms with Gasteiger partial charge in [0.15, 0.2) is 9.84 Å². The summed E-state index contributed by atoms with van der Waals surface area (Å²) in [4.78, 5) is 12.3. The average molecular weight is 397 g/mol. The van der Waals surface area contributed by atoms with E-state index in [9.17, 15) is 13.2 Å². The van der Waals surface area contributed by atoms with E-state index in [4.69, 9.17) is 11.6 Å². The SMILES string of the molecule is CC1(C)[C@@H]2CC[C@@]1(C)/C(=N/NC(=O)CCS(=O)(=O)c1ccc(Cl)cc1)C2. The number of hydrogen-bond acceptors (Lipinski definition) is 4. The second-order valence-electron chi connectivity index (χ2n) is 8.11. The summed E-state index contributed by atoms with van der Waals surface area (Å²) < 4.78 is 24.6. The van der Waals surface area contributed by atoms with Crippen LogP contribution in [0, 0.1) is 16.7 Å². The van der Waals surface area contributed by atoms with Crippen molar-refractivity contribution in [3.63, 3.8) is 0 Å². The molecule has 2 bridgehead atoms. The van der Waals surface area contributed by atoms with Gasteiger partial charge in [0, 0.05) is 22.6 Å². The number of fused-ring (bicyclic) bond motifs is 2. The van der Waals surface area contributed by atoms with Gasteiger partial charge in [-0.05, 0) is 54.9 Å². The van der Waals surface area contributed by atoms with Crippen molar-refractivity contribution >= 4 is 33.1 Å². The third-order valence-electron chi connectivity index (χ3n) is 6.60. The predicted molar refractivity (Wildman–Crippen MR) is 103 cm³/mol. The number of amides is 1. The van der Waals surface area contributed by atoms with Crippen molar-refractivity contribution in [1.82, 2.24) is 5.43 Å². The van der Waals surface area contributed by atoms with E-state index in [1.807, 2.05) is 0 Å². The molecule has 0 unspecified atom stereocenters. The minimum absolute atomic E-state index is 0.0142. The summed E-state index contributed by atoms with van der Waals surface area (Å²) in [6.45, 7) is 6.76. The van der Waals surface area contributed by atoms with Gasteiger partial charge in [-0.15, -0.1) is 0 Å². The molecule has 3 rings (SSSR count). The quantitative estimate of drug-likeness (QED) is 0.768. The van der Waals surface area contributed by atoms with Gasteiger partial charge in [0.2, 0.25) is 5.91 Å². The molecule has 2 atom stereocenters. The summed E-state index contributed by atoms with van der Waals surface area (Å²) in [5, 5.41) is 4.84. The van der Waals surface area contributed by atoms with E-state index >= 15 is 0 Å². The van der Waals surface area contributed by atoms with Gasteiger partial charge in [-0.3, -0.25) is 4.79 Å². The Bertz CT molecular complexity index is 846. The summed E-state index contributed by atoms with van der Waals surface area (Å²) in [6.07, 6.45) is 3.08. The molecule has 0 aromatic heterocycles. The molecule has 1 aromatic carbocycles. The Morgan fingerprint density at radius 3 is 2.46 bits per heavy atom. The second-order valence-corrected chi connectivity index (χ2v) is 10.7. The van der Waals surface area contributed by atoms with Crippen LogP contribution in [0.15, 0.2) is 34.3 Å². The molecule has 7 heteroatoms. The van der Waals surface area contributed by atoms with Crippen LogP contribution in [0.5, 0.6) is 0 Å². The molecular formula is C19H25ClN2O3S. The number of halogens is 1. The first-order chi connectivity index (χ1) is 12.1. The summed E-state index contributed by atoms with van der Waals surface area (Å²) >= 11 is 5.78. The molecule has 2 aliphatic carbocycles. The number of hydrogen-bond donors (Lipinski definition) is 1. The number of hydrazone groups is 1. The Morgan fingerprint density at radius 2 is 1.92 bits per heavy atom. The molecule has 0 saturated heterocycles. The van der Waals surface area contributed by atoms with Gasteiger partial charge in [0.1, 0.15) is 0 Å². The van der Waals surface area contributed by atoms with Gasteiger partial charge in [0.05, 0.1) is 10.6 Å². The van der Waals surface area contributed by atoms with Crippen LogP contribution < -0.4 is 5.43 Å². The van der Waals surface area contributed by atoms with E-state index < -0.39 is 9.84 Å². The fraction of sp³-hybridized carbons (Fsp3) is 0.579. The zero-order chi connectivity index (χ0) is 19.2. The van der Waals surface area contributed by atoms with Crippen molar-refractivity contribution < 1.29 is 13.2 Å². The maximum absolute atomic E-state index is 12.3. The van der Waals surface area contributed by atoms with Crippen LogP contribution >= 0.6 is 11.6 Å². The Labute approximate surface area is 160 Å². The maximum atomic E-state index is 12.3. The minimum Gasteiger partial charge on any atom is -0.273 e. The molecular weight excluding hydrogens is 372 g/mol. The number of carbonyl (C=O) groups excluding carboxylic acids is 1. The van der Waals surface area contributed by atoms with Crippen LogP contribution in [0.25, 0.3) is 0 Å². The molecule has 2 fully saturated rings. The van der Waals surface area contributed by atoms with Gasteiger partial charge in [-0.2, -0.15) is 5.10 Å². The van der Waals surface area contributed by atoms with Crippen molar-refractivity contribution in [3.8, 4) is 0 Å². The lowest BCUT2D eigenvalue weighted by atomic mass is 9.70. The molecule has 142 valence electrons. The number of benzene rings is 1. The molecule has 0 spiro atoms. The second kappa shape index (κ2) is 6.64. The Balaban J connectivity index is 1.59. The van der Waals surface area contributed by atoms with Crippen LogP contribution in [0.4, 0.5) is 0 Å². The molecule has 0 heterocycles. The lowest BCUT2D eigenvalue weighted by Gasteiger charge is -2.34. The van der Waals surface area contributed by atoms with E-state index in [1.54, 1.807) is 0 Å². The van der Waals surface area contributed by atoms with Crippen molar-refractivity contribution in [3.05, 3.63) is 29.3 Å². The standard InChI is InChI=1S/C19H25ClN2O3S/c1-18(2)13-8-10-19(18,3)16(12-13)21-22-17(23)9-11-26(24,25)15-6-4-14(20)5-7-15/h4-7,13H,8-12H2,1-3H3,(H,22,23)/b21-16+/t13-,19+/m1/s1. The number of nitrogens with zero attached hydrogens (tertiary/aromatic N) is 1. The molecule has 0 radical (unpaired) electrons. The smallest absolute Gasteiger partial charge is 0.241 e. The first-order valence-corrected chi connectivity index (χ1v) is 10.9. The predicted octanol–water partition coefficient (Wildman–Crippen LogP) is 3.82. The van der Waals surface area contributed by atoms with E-state index in [-0.39, 0.29) is 33.8 Å². The third kappa shape index (κ3) is 3.29.